The van der Waals surface area contributed by atoms with Crippen LogP contribution in [0.4, 0.5) is 0 Å². The first-order valence-electron chi connectivity index (χ1n) is 8.64. The summed E-state index contributed by atoms with van der Waals surface area (Å²) < 4.78 is 5.74. The Morgan fingerprint density at radius 3 is 2.48 bits per heavy atom. The van der Waals surface area contributed by atoms with Crippen molar-refractivity contribution in [2.24, 2.45) is 0 Å². The predicted octanol–water partition coefficient (Wildman–Crippen LogP) is 5.10. The number of ether oxygens (including phenoxy) is 1. The Balaban J connectivity index is 1.65. The average Bonchev–Trinajstić information content (AvgIpc) is 3.20. The first-order chi connectivity index (χ1) is 13.1. The summed E-state index contributed by atoms with van der Waals surface area (Å²) in [5, 5.41) is 10.5. The quantitative estimate of drug-likeness (QED) is 0.517. The molecule has 0 aliphatic carbocycles. The van der Waals surface area contributed by atoms with E-state index in [2.05, 4.69) is 0 Å². The van der Waals surface area contributed by atoms with E-state index in [0.29, 0.717) is 22.4 Å². The van der Waals surface area contributed by atoms with Gasteiger partial charge in [0.05, 0.1) is 0 Å². The van der Waals surface area contributed by atoms with Crippen LogP contribution in [0.2, 0.25) is 10.0 Å². The second-order valence-corrected chi connectivity index (χ2v) is 7.11. The number of benzene rings is 2. The van der Waals surface area contributed by atoms with Crippen LogP contribution in [0.3, 0.4) is 0 Å². The molecule has 1 aliphatic rings. The molecule has 1 amide bonds. The first-order valence-corrected chi connectivity index (χ1v) is 9.40. The Morgan fingerprint density at radius 2 is 1.85 bits per heavy atom. The molecule has 3 rings (SSSR count). The summed E-state index contributed by atoms with van der Waals surface area (Å²) in [6.07, 6.45) is 3.60. The number of halogens is 2. The van der Waals surface area contributed by atoms with Crippen LogP contribution in [-0.2, 0) is 11.4 Å². The number of carbonyl (C=O) groups excluding carboxylic acids is 1. The molecule has 2 aromatic carbocycles. The van der Waals surface area contributed by atoms with Gasteiger partial charge in [0.2, 0.25) is 0 Å². The molecule has 1 saturated heterocycles. The smallest absolute Gasteiger partial charge is 0.264 e. The van der Waals surface area contributed by atoms with Crippen LogP contribution < -0.4 is 4.74 Å². The zero-order chi connectivity index (χ0) is 19.2. The van der Waals surface area contributed by atoms with Crippen LogP contribution >= 0.6 is 23.2 Å². The van der Waals surface area contributed by atoms with Crippen molar-refractivity contribution in [1.82, 2.24) is 4.90 Å². The van der Waals surface area contributed by atoms with E-state index in [0.717, 1.165) is 37.1 Å². The summed E-state index contributed by atoms with van der Waals surface area (Å²) in [4.78, 5) is 14.1. The molecule has 6 heteroatoms. The van der Waals surface area contributed by atoms with Gasteiger partial charge in [-0.3, -0.25) is 4.79 Å². The van der Waals surface area contributed by atoms with Crippen molar-refractivity contribution in [3.63, 3.8) is 0 Å². The van der Waals surface area contributed by atoms with Gasteiger partial charge >= 0.3 is 0 Å². The molecular weight excluding hydrogens is 383 g/mol. The number of hydrogen-bond acceptors (Lipinski definition) is 3. The molecular formula is C21H18Cl2N2O2. The standard InChI is InChI=1S/C21H18Cl2N2O2/c22-18-6-5-16(20(23)12-18)14-27-19-7-3-15(4-8-19)11-17(13-24)21(26)25-9-1-2-10-25/h3-8,11-12H,1-2,9-10,14H2/b17-11+. The van der Waals surface area contributed by atoms with Gasteiger partial charge in [-0.05, 0) is 48.7 Å². The normalized spacial score (nSPS) is 14.1. The molecule has 4 nitrogen and oxygen atoms in total. The summed E-state index contributed by atoms with van der Waals surface area (Å²) in [5.41, 5.74) is 1.77. The minimum absolute atomic E-state index is 0.151. The van der Waals surface area contributed by atoms with Gasteiger partial charge in [0, 0.05) is 28.7 Å². The Kier molecular flexibility index (Phi) is 6.39. The number of rotatable bonds is 5. The third-order valence-corrected chi connectivity index (χ3v) is 4.93. The lowest BCUT2D eigenvalue weighted by molar-refractivity contribution is -0.125. The molecule has 0 bridgehead atoms. The molecule has 0 atom stereocenters. The average molecular weight is 401 g/mol. The highest BCUT2D eigenvalue weighted by molar-refractivity contribution is 6.35. The second kappa shape index (κ2) is 8.94. The fourth-order valence-electron chi connectivity index (χ4n) is 2.86. The van der Waals surface area contributed by atoms with E-state index in [1.54, 1.807) is 35.2 Å². The van der Waals surface area contributed by atoms with E-state index >= 15 is 0 Å². The van der Waals surface area contributed by atoms with Gasteiger partial charge in [0.25, 0.3) is 5.91 Å². The predicted molar refractivity (Wildman–Crippen MR) is 107 cm³/mol. The zero-order valence-electron chi connectivity index (χ0n) is 14.6. The fourth-order valence-corrected chi connectivity index (χ4v) is 3.32. The maximum absolute atomic E-state index is 12.4. The number of nitrogens with zero attached hydrogens (tertiary/aromatic N) is 2. The molecule has 0 saturated carbocycles. The van der Waals surface area contributed by atoms with Gasteiger partial charge < -0.3 is 9.64 Å². The van der Waals surface area contributed by atoms with Crippen molar-refractivity contribution >= 4 is 35.2 Å². The van der Waals surface area contributed by atoms with E-state index in [1.165, 1.54) is 0 Å². The highest BCUT2D eigenvalue weighted by Gasteiger charge is 2.21. The second-order valence-electron chi connectivity index (χ2n) is 6.26. The van der Waals surface area contributed by atoms with Crippen molar-refractivity contribution < 1.29 is 9.53 Å². The molecule has 0 spiro atoms. The summed E-state index contributed by atoms with van der Waals surface area (Å²) in [7, 11) is 0. The van der Waals surface area contributed by atoms with Crippen molar-refractivity contribution in [3.8, 4) is 11.8 Å². The van der Waals surface area contributed by atoms with E-state index < -0.39 is 0 Å². The van der Waals surface area contributed by atoms with Crippen molar-refractivity contribution in [2.75, 3.05) is 13.1 Å². The lowest BCUT2D eigenvalue weighted by Gasteiger charge is -2.14. The largest absolute Gasteiger partial charge is 0.489 e. The lowest BCUT2D eigenvalue weighted by Crippen LogP contribution is -2.28. The minimum Gasteiger partial charge on any atom is -0.489 e. The highest BCUT2D eigenvalue weighted by atomic mass is 35.5. The first kappa shape index (κ1) is 19.3. The van der Waals surface area contributed by atoms with Crippen LogP contribution in [0.15, 0.2) is 48.0 Å². The van der Waals surface area contributed by atoms with Crippen molar-refractivity contribution in [3.05, 3.63) is 69.2 Å². The van der Waals surface area contributed by atoms with Crippen molar-refractivity contribution in [1.29, 1.82) is 5.26 Å². The lowest BCUT2D eigenvalue weighted by atomic mass is 10.1. The van der Waals surface area contributed by atoms with Crippen LogP contribution in [0, 0.1) is 11.3 Å². The topological polar surface area (TPSA) is 53.3 Å². The molecule has 1 aliphatic heterocycles. The summed E-state index contributed by atoms with van der Waals surface area (Å²) in [6.45, 7) is 1.76. The van der Waals surface area contributed by atoms with E-state index in [4.69, 9.17) is 27.9 Å². The van der Waals surface area contributed by atoms with E-state index in [-0.39, 0.29) is 11.5 Å². The minimum atomic E-state index is -0.201. The van der Waals surface area contributed by atoms with Crippen LogP contribution in [0.5, 0.6) is 5.75 Å². The maximum Gasteiger partial charge on any atom is 0.264 e. The van der Waals surface area contributed by atoms with Crippen LogP contribution in [0.1, 0.15) is 24.0 Å². The van der Waals surface area contributed by atoms with Gasteiger partial charge in [0.15, 0.2) is 0 Å². The van der Waals surface area contributed by atoms with Gasteiger partial charge in [-0.25, -0.2) is 0 Å². The number of nitriles is 1. The molecule has 2 aromatic rings. The molecule has 0 N–H and O–H groups in total. The highest BCUT2D eigenvalue weighted by Crippen LogP contribution is 2.23. The number of amides is 1. The third kappa shape index (κ3) is 5.03. The van der Waals surface area contributed by atoms with Gasteiger partial charge in [-0.1, -0.05) is 41.4 Å². The fraction of sp³-hybridized carbons (Fsp3) is 0.238. The zero-order valence-corrected chi connectivity index (χ0v) is 16.1. The molecule has 27 heavy (non-hydrogen) atoms. The monoisotopic (exact) mass is 400 g/mol. The Labute approximate surface area is 168 Å². The summed E-state index contributed by atoms with van der Waals surface area (Å²) >= 11 is 12.0. The number of hydrogen-bond donors (Lipinski definition) is 0. The summed E-state index contributed by atoms with van der Waals surface area (Å²) in [5.74, 6) is 0.468. The third-order valence-electron chi connectivity index (χ3n) is 4.34. The maximum atomic E-state index is 12.4. The van der Waals surface area contributed by atoms with Gasteiger partial charge in [0.1, 0.15) is 24.0 Å². The Bertz CT molecular complexity index is 895. The molecule has 1 heterocycles. The van der Waals surface area contributed by atoms with Gasteiger partial charge in [-0.15, -0.1) is 0 Å². The van der Waals surface area contributed by atoms with Crippen molar-refractivity contribution in [2.45, 2.75) is 19.4 Å². The Hall–Kier alpha value is -2.48. The van der Waals surface area contributed by atoms with E-state index in [9.17, 15) is 10.1 Å². The van der Waals surface area contributed by atoms with E-state index in [1.807, 2.05) is 24.3 Å². The van der Waals surface area contributed by atoms with Crippen LogP contribution in [-0.4, -0.2) is 23.9 Å². The molecule has 0 unspecified atom stereocenters. The molecule has 138 valence electrons. The molecule has 0 radical (unpaired) electrons. The number of likely N-dealkylation sites (tertiary alicyclic amines) is 1. The molecule has 1 fully saturated rings. The summed E-state index contributed by atoms with van der Waals surface area (Å²) in [6, 6.07) is 14.5. The van der Waals surface area contributed by atoms with Crippen LogP contribution in [0.25, 0.3) is 6.08 Å². The Morgan fingerprint density at radius 1 is 1.15 bits per heavy atom. The van der Waals surface area contributed by atoms with Gasteiger partial charge in [-0.2, -0.15) is 5.26 Å². The molecule has 0 aromatic heterocycles. The number of carbonyl (C=O) groups is 1. The SMILES string of the molecule is N#C/C(=C\c1ccc(OCc2ccc(Cl)cc2Cl)cc1)C(=O)N1CCCC1.